The summed E-state index contributed by atoms with van der Waals surface area (Å²) < 4.78 is 27.0. The average Bonchev–Trinajstić information content (AvgIpc) is 2.30. The first kappa shape index (κ1) is 14.9. The number of aromatic nitrogens is 1. The SMILES string of the molecule is CCC(CC)C(C)NS(=O)(=O)c1ccnc(N)c1. The van der Waals surface area contributed by atoms with Gasteiger partial charge in [0.05, 0.1) is 4.90 Å². The van der Waals surface area contributed by atoms with Gasteiger partial charge in [-0.15, -0.1) is 0 Å². The highest BCUT2D eigenvalue weighted by molar-refractivity contribution is 7.89. The van der Waals surface area contributed by atoms with E-state index in [1.807, 2.05) is 6.92 Å². The minimum absolute atomic E-state index is 0.0978. The number of hydrogen-bond acceptors (Lipinski definition) is 4. The van der Waals surface area contributed by atoms with Gasteiger partial charge in [0, 0.05) is 18.3 Å². The van der Waals surface area contributed by atoms with Crippen molar-refractivity contribution in [2.24, 2.45) is 5.92 Å². The lowest BCUT2D eigenvalue weighted by molar-refractivity contribution is 0.390. The lowest BCUT2D eigenvalue weighted by Crippen LogP contribution is -2.37. The third kappa shape index (κ3) is 3.68. The van der Waals surface area contributed by atoms with Gasteiger partial charge in [-0.1, -0.05) is 26.7 Å². The Bertz CT molecular complexity index is 484. The molecule has 0 aromatic carbocycles. The van der Waals surface area contributed by atoms with E-state index in [9.17, 15) is 8.42 Å². The smallest absolute Gasteiger partial charge is 0.241 e. The van der Waals surface area contributed by atoms with Gasteiger partial charge in [-0.05, 0) is 18.9 Å². The molecule has 1 atom stereocenters. The molecular weight excluding hydrogens is 250 g/mol. The van der Waals surface area contributed by atoms with Crippen LogP contribution in [0.15, 0.2) is 23.2 Å². The van der Waals surface area contributed by atoms with Crippen molar-refractivity contribution in [2.75, 3.05) is 5.73 Å². The Kier molecular flexibility index (Phi) is 5.10. The van der Waals surface area contributed by atoms with Crippen molar-refractivity contribution in [3.05, 3.63) is 18.3 Å². The second-order valence-corrected chi connectivity index (χ2v) is 6.12. The zero-order valence-corrected chi connectivity index (χ0v) is 11.9. The van der Waals surface area contributed by atoms with E-state index in [2.05, 4.69) is 23.6 Å². The summed E-state index contributed by atoms with van der Waals surface area (Å²) in [6.07, 6.45) is 3.28. The third-order valence-electron chi connectivity index (χ3n) is 3.16. The molecule has 0 aliphatic heterocycles. The maximum atomic E-state index is 12.1. The van der Waals surface area contributed by atoms with E-state index in [1.165, 1.54) is 18.3 Å². The Morgan fingerprint density at radius 3 is 2.50 bits per heavy atom. The zero-order chi connectivity index (χ0) is 13.8. The van der Waals surface area contributed by atoms with Crippen LogP contribution < -0.4 is 10.5 Å². The first-order chi connectivity index (χ1) is 8.40. The van der Waals surface area contributed by atoms with Crippen molar-refractivity contribution in [3.63, 3.8) is 0 Å². The van der Waals surface area contributed by atoms with Gasteiger partial charge < -0.3 is 5.73 Å². The summed E-state index contributed by atoms with van der Waals surface area (Å²) >= 11 is 0. The Hall–Kier alpha value is -1.14. The number of pyridine rings is 1. The van der Waals surface area contributed by atoms with Crippen LogP contribution in [0.4, 0.5) is 5.82 Å². The van der Waals surface area contributed by atoms with Crippen molar-refractivity contribution < 1.29 is 8.42 Å². The Balaban J connectivity index is 2.89. The van der Waals surface area contributed by atoms with Gasteiger partial charge in [0.2, 0.25) is 10.0 Å². The van der Waals surface area contributed by atoms with Crippen LogP contribution in [0, 0.1) is 5.92 Å². The predicted octanol–water partition coefficient (Wildman–Crippen LogP) is 1.77. The first-order valence-electron chi connectivity index (χ1n) is 6.14. The Morgan fingerprint density at radius 1 is 1.39 bits per heavy atom. The number of hydrogen-bond donors (Lipinski definition) is 2. The molecule has 0 saturated heterocycles. The first-order valence-corrected chi connectivity index (χ1v) is 7.62. The molecule has 0 aliphatic carbocycles. The summed E-state index contributed by atoms with van der Waals surface area (Å²) in [5.74, 6) is 0.534. The second-order valence-electron chi connectivity index (χ2n) is 4.40. The van der Waals surface area contributed by atoms with E-state index in [1.54, 1.807) is 0 Å². The largest absolute Gasteiger partial charge is 0.384 e. The van der Waals surface area contributed by atoms with Gasteiger partial charge in [-0.25, -0.2) is 18.1 Å². The van der Waals surface area contributed by atoms with Gasteiger partial charge >= 0.3 is 0 Å². The van der Waals surface area contributed by atoms with E-state index in [0.717, 1.165) is 12.8 Å². The highest BCUT2D eigenvalue weighted by Gasteiger charge is 2.21. The maximum absolute atomic E-state index is 12.1. The standard InChI is InChI=1S/C12H21N3O2S/c1-4-10(5-2)9(3)15-18(16,17)11-6-7-14-12(13)8-11/h6-10,15H,4-5H2,1-3H3,(H2,13,14). The lowest BCUT2D eigenvalue weighted by atomic mass is 9.96. The zero-order valence-electron chi connectivity index (χ0n) is 11.1. The van der Waals surface area contributed by atoms with Crippen LogP contribution in [0.2, 0.25) is 0 Å². The van der Waals surface area contributed by atoms with Crippen LogP contribution in [0.3, 0.4) is 0 Å². The van der Waals surface area contributed by atoms with Crippen LogP contribution >= 0.6 is 0 Å². The van der Waals surface area contributed by atoms with Gasteiger partial charge in [-0.3, -0.25) is 0 Å². The molecule has 5 nitrogen and oxygen atoms in total. The van der Waals surface area contributed by atoms with E-state index >= 15 is 0 Å². The van der Waals surface area contributed by atoms with Crippen LogP contribution in [0.5, 0.6) is 0 Å². The van der Waals surface area contributed by atoms with Crippen molar-refractivity contribution in [3.8, 4) is 0 Å². The van der Waals surface area contributed by atoms with Crippen LogP contribution in [-0.2, 0) is 10.0 Å². The molecule has 0 aliphatic rings. The van der Waals surface area contributed by atoms with Gasteiger partial charge in [0.25, 0.3) is 0 Å². The molecular formula is C12H21N3O2S. The minimum atomic E-state index is -3.52. The van der Waals surface area contributed by atoms with E-state index in [0.29, 0.717) is 5.92 Å². The van der Waals surface area contributed by atoms with Crippen molar-refractivity contribution in [1.82, 2.24) is 9.71 Å². The highest BCUT2D eigenvalue weighted by atomic mass is 32.2. The van der Waals surface area contributed by atoms with E-state index in [4.69, 9.17) is 5.73 Å². The minimum Gasteiger partial charge on any atom is -0.384 e. The number of nitrogens with one attached hydrogen (secondary N) is 1. The fraction of sp³-hybridized carbons (Fsp3) is 0.583. The molecule has 1 aromatic heterocycles. The average molecular weight is 271 g/mol. The predicted molar refractivity (Wildman–Crippen MR) is 72.5 cm³/mol. The maximum Gasteiger partial charge on any atom is 0.241 e. The molecule has 1 rings (SSSR count). The molecule has 0 fully saturated rings. The molecule has 6 heteroatoms. The molecule has 18 heavy (non-hydrogen) atoms. The molecule has 0 bridgehead atoms. The fourth-order valence-corrected chi connectivity index (χ4v) is 3.33. The number of anilines is 1. The number of nitrogens with zero attached hydrogens (tertiary/aromatic N) is 1. The fourth-order valence-electron chi connectivity index (χ4n) is 2.00. The van der Waals surface area contributed by atoms with Crippen LogP contribution in [0.1, 0.15) is 33.6 Å². The number of nitrogens with two attached hydrogens (primary N) is 1. The summed E-state index contributed by atoms with van der Waals surface area (Å²) in [7, 11) is -3.52. The Morgan fingerprint density at radius 2 is 2.00 bits per heavy atom. The number of sulfonamides is 1. The van der Waals surface area contributed by atoms with Gasteiger partial charge in [-0.2, -0.15) is 0 Å². The molecule has 1 aromatic rings. The quantitative estimate of drug-likeness (QED) is 0.825. The molecule has 0 saturated carbocycles. The number of nitrogen functional groups attached to an aromatic ring is 1. The second kappa shape index (κ2) is 6.15. The monoisotopic (exact) mass is 271 g/mol. The molecule has 1 unspecified atom stereocenters. The molecule has 0 amide bonds. The highest BCUT2D eigenvalue weighted by Crippen LogP contribution is 2.16. The normalized spacial score (nSPS) is 13.8. The Labute approximate surface area is 109 Å². The van der Waals surface area contributed by atoms with E-state index < -0.39 is 10.0 Å². The molecule has 3 N–H and O–H groups in total. The van der Waals surface area contributed by atoms with Crippen molar-refractivity contribution >= 4 is 15.8 Å². The topological polar surface area (TPSA) is 85.1 Å². The van der Waals surface area contributed by atoms with E-state index in [-0.39, 0.29) is 16.8 Å². The lowest BCUT2D eigenvalue weighted by Gasteiger charge is -2.22. The summed E-state index contributed by atoms with van der Waals surface area (Å²) in [5.41, 5.74) is 5.49. The summed E-state index contributed by atoms with van der Waals surface area (Å²) in [6.45, 7) is 6.01. The van der Waals surface area contributed by atoms with Crippen molar-refractivity contribution in [2.45, 2.75) is 44.6 Å². The molecule has 0 spiro atoms. The van der Waals surface area contributed by atoms with Gasteiger partial charge in [0.1, 0.15) is 5.82 Å². The summed E-state index contributed by atoms with van der Waals surface area (Å²) in [6, 6.07) is 2.71. The molecule has 102 valence electrons. The summed E-state index contributed by atoms with van der Waals surface area (Å²) in [4.78, 5) is 3.95. The van der Waals surface area contributed by atoms with Crippen molar-refractivity contribution in [1.29, 1.82) is 0 Å². The molecule has 1 heterocycles. The molecule has 0 radical (unpaired) electrons. The number of rotatable bonds is 6. The summed E-state index contributed by atoms with van der Waals surface area (Å²) in [5, 5.41) is 0. The van der Waals surface area contributed by atoms with Crippen LogP contribution in [0.25, 0.3) is 0 Å². The van der Waals surface area contributed by atoms with Crippen LogP contribution in [-0.4, -0.2) is 19.4 Å². The third-order valence-corrected chi connectivity index (χ3v) is 4.72. The van der Waals surface area contributed by atoms with Gasteiger partial charge in [0.15, 0.2) is 0 Å².